The van der Waals surface area contributed by atoms with E-state index in [0.29, 0.717) is 42.8 Å². The quantitative estimate of drug-likeness (QED) is 0.757. The van der Waals surface area contributed by atoms with Crippen molar-refractivity contribution in [3.8, 4) is 0 Å². The second kappa shape index (κ2) is 7.78. The van der Waals surface area contributed by atoms with Crippen LogP contribution in [0.2, 0.25) is 0 Å². The molecule has 0 radical (unpaired) electrons. The number of benzene rings is 1. The Hall–Kier alpha value is -3.62. The molecule has 2 aromatic rings. The Labute approximate surface area is 166 Å². The first-order valence-corrected chi connectivity index (χ1v) is 9.34. The fourth-order valence-electron chi connectivity index (χ4n) is 3.60. The van der Waals surface area contributed by atoms with Crippen LogP contribution >= 0.6 is 0 Å². The SMILES string of the molecule is O=C(CN1C(=O)c2ccccc2C1=O)NC1CCN(C(=O)c2cnccn2)CC1. The lowest BCUT2D eigenvalue weighted by molar-refractivity contribution is -0.122. The summed E-state index contributed by atoms with van der Waals surface area (Å²) in [5.41, 5.74) is 0.933. The molecule has 9 nitrogen and oxygen atoms in total. The van der Waals surface area contributed by atoms with Crippen LogP contribution in [0.3, 0.4) is 0 Å². The lowest BCUT2D eigenvalue weighted by Gasteiger charge is -2.32. The van der Waals surface area contributed by atoms with E-state index in [1.54, 1.807) is 29.2 Å². The molecular weight excluding hydrogens is 374 g/mol. The highest BCUT2D eigenvalue weighted by atomic mass is 16.2. The van der Waals surface area contributed by atoms with Crippen LogP contribution in [-0.2, 0) is 4.79 Å². The lowest BCUT2D eigenvalue weighted by atomic mass is 10.0. The average Bonchev–Trinajstić information content (AvgIpc) is 2.99. The van der Waals surface area contributed by atoms with Gasteiger partial charge in [0.1, 0.15) is 12.2 Å². The number of fused-ring (bicyclic) bond motifs is 1. The van der Waals surface area contributed by atoms with Crippen LogP contribution in [-0.4, -0.2) is 69.1 Å². The summed E-state index contributed by atoms with van der Waals surface area (Å²) < 4.78 is 0. The molecule has 1 N–H and O–H groups in total. The molecule has 1 saturated heterocycles. The van der Waals surface area contributed by atoms with E-state index < -0.39 is 17.7 Å². The zero-order chi connectivity index (χ0) is 20.4. The third kappa shape index (κ3) is 3.71. The number of amides is 4. The Morgan fingerprint density at radius 3 is 2.28 bits per heavy atom. The smallest absolute Gasteiger partial charge is 0.274 e. The Morgan fingerprint density at radius 1 is 1.03 bits per heavy atom. The number of nitrogens with zero attached hydrogens (tertiary/aromatic N) is 4. The summed E-state index contributed by atoms with van der Waals surface area (Å²) in [5, 5.41) is 2.86. The monoisotopic (exact) mass is 393 g/mol. The number of piperidine rings is 1. The maximum Gasteiger partial charge on any atom is 0.274 e. The first-order valence-electron chi connectivity index (χ1n) is 9.34. The number of aromatic nitrogens is 2. The van der Waals surface area contributed by atoms with E-state index in [1.807, 2.05) is 0 Å². The molecule has 0 unspecified atom stereocenters. The van der Waals surface area contributed by atoms with Gasteiger partial charge in [0, 0.05) is 31.5 Å². The van der Waals surface area contributed by atoms with Gasteiger partial charge in [-0.25, -0.2) is 4.98 Å². The first-order chi connectivity index (χ1) is 14.0. The maximum atomic E-state index is 12.4. The zero-order valence-electron chi connectivity index (χ0n) is 15.6. The molecule has 0 bridgehead atoms. The first kappa shape index (κ1) is 18.7. The average molecular weight is 393 g/mol. The standard InChI is InChI=1S/C20H19N5O4/c26-17(12-25-18(27)14-3-1-2-4-15(14)19(25)28)23-13-5-9-24(10-6-13)20(29)16-11-21-7-8-22-16/h1-4,7-8,11,13H,5-6,9-10,12H2,(H,23,26). The van der Waals surface area contributed by atoms with E-state index in [2.05, 4.69) is 15.3 Å². The minimum absolute atomic E-state index is 0.122. The molecule has 2 aliphatic rings. The Bertz CT molecular complexity index is 935. The van der Waals surface area contributed by atoms with Crippen molar-refractivity contribution in [3.63, 3.8) is 0 Å². The number of carbonyl (C=O) groups excluding carboxylic acids is 4. The number of imide groups is 1. The highest BCUT2D eigenvalue weighted by Crippen LogP contribution is 2.22. The molecule has 0 saturated carbocycles. The number of rotatable bonds is 4. The summed E-state index contributed by atoms with van der Waals surface area (Å²) in [6.07, 6.45) is 5.57. The van der Waals surface area contributed by atoms with Crippen molar-refractivity contribution in [2.75, 3.05) is 19.6 Å². The fourth-order valence-corrected chi connectivity index (χ4v) is 3.60. The summed E-state index contributed by atoms with van der Waals surface area (Å²) >= 11 is 0. The summed E-state index contributed by atoms with van der Waals surface area (Å²) in [6, 6.07) is 6.41. The van der Waals surface area contributed by atoms with Gasteiger partial charge in [0.2, 0.25) is 5.91 Å². The maximum absolute atomic E-state index is 12.4. The lowest BCUT2D eigenvalue weighted by Crippen LogP contribution is -2.49. The van der Waals surface area contributed by atoms with Gasteiger partial charge in [0.05, 0.1) is 17.3 Å². The Morgan fingerprint density at radius 2 is 1.69 bits per heavy atom. The van der Waals surface area contributed by atoms with Gasteiger partial charge < -0.3 is 10.2 Å². The molecule has 4 rings (SSSR count). The van der Waals surface area contributed by atoms with E-state index in [1.165, 1.54) is 18.6 Å². The number of carbonyl (C=O) groups is 4. The predicted molar refractivity (Wildman–Crippen MR) is 101 cm³/mol. The molecule has 0 spiro atoms. The van der Waals surface area contributed by atoms with Gasteiger partial charge in [-0.05, 0) is 25.0 Å². The van der Waals surface area contributed by atoms with Crippen LogP contribution in [0.15, 0.2) is 42.9 Å². The third-order valence-corrected chi connectivity index (χ3v) is 5.11. The van der Waals surface area contributed by atoms with Gasteiger partial charge >= 0.3 is 0 Å². The summed E-state index contributed by atoms with van der Waals surface area (Å²) in [7, 11) is 0. The van der Waals surface area contributed by atoms with Gasteiger partial charge in [0.15, 0.2) is 0 Å². The van der Waals surface area contributed by atoms with Gasteiger partial charge in [-0.2, -0.15) is 0 Å². The van der Waals surface area contributed by atoms with Crippen molar-refractivity contribution in [1.29, 1.82) is 0 Å². The van der Waals surface area contributed by atoms with Crippen LogP contribution in [0.4, 0.5) is 0 Å². The summed E-state index contributed by atoms with van der Waals surface area (Å²) in [6.45, 7) is 0.645. The molecule has 2 aliphatic heterocycles. The summed E-state index contributed by atoms with van der Waals surface area (Å²) in [5.74, 6) is -1.48. The third-order valence-electron chi connectivity index (χ3n) is 5.11. The number of nitrogens with one attached hydrogen (secondary N) is 1. The number of hydrogen-bond donors (Lipinski definition) is 1. The Kier molecular flexibility index (Phi) is 5.03. The van der Waals surface area contributed by atoms with Crippen molar-refractivity contribution < 1.29 is 19.2 Å². The minimum Gasteiger partial charge on any atom is -0.352 e. The zero-order valence-corrected chi connectivity index (χ0v) is 15.6. The number of hydrogen-bond acceptors (Lipinski definition) is 6. The van der Waals surface area contributed by atoms with Crippen molar-refractivity contribution in [1.82, 2.24) is 25.1 Å². The largest absolute Gasteiger partial charge is 0.352 e. The highest BCUT2D eigenvalue weighted by molar-refractivity contribution is 6.22. The topological polar surface area (TPSA) is 113 Å². The molecular formula is C20H19N5O4. The van der Waals surface area contributed by atoms with Crippen molar-refractivity contribution in [2.24, 2.45) is 0 Å². The molecule has 3 heterocycles. The molecule has 9 heteroatoms. The van der Waals surface area contributed by atoms with E-state index >= 15 is 0 Å². The summed E-state index contributed by atoms with van der Waals surface area (Å²) in [4.78, 5) is 60.1. The van der Waals surface area contributed by atoms with E-state index in [-0.39, 0.29) is 18.5 Å². The van der Waals surface area contributed by atoms with E-state index in [4.69, 9.17) is 0 Å². The van der Waals surface area contributed by atoms with Crippen LogP contribution in [0.5, 0.6) is 0 Å². The Balaban J connectivity index is 1.29. The minimum atomic E-state index is -0.454. The van der Waals surface area contributed by atoms with Crippen molar-refractivity contribution in [2.45, 2.75) is 18.9 Å². The fraction of sp³-hybridized carbons (Fsp3) is 0.300. The van der Waals surface area contributed by atoms with Crippen molar-refractivity contribution >= 4 is 23.6 Å². The number of likely N-dealkylation sites (tertiary alicyclic amines) is 1. The van der Waals surface area contributed by atoms with E-state index in [0.717, 1.165) is 4.90 Å². The second-order valence-electron chi connectivity index (χ2n) is 6.97. The van der Waals surface area contributed by atoms with Gasteiger partial charge in [-0.3, -0.25) is 29.1 Å². The molecule has 29 heavy (non-hydrogen) atoms. The predicted octanol–water partition coefficient (Wildman–Crippen LogP) is 0.494. The van der Waals surface area contributed by atoms with Crippen LogP contribution in [0.1, 0.15) is 44.0 Å². The molecule has 1 aromatic heterocycles. The molecule has 1 fully saturated rings. The van der Waals surface area contributed by atoms with Crippen LogP contribution < -0.4 is 5.32 Å². The second-order valence-corrected chi connectivity index (χ2v) is 6.97. The van der Waals surface area contributed by atoms with Gasteiger partial charge in [-0.1, -0.05) is 12.1 Å². The highest BCUT2D eigenvalue weighted by Gasteiger charge is 2.36. The molecule has 1 aromatic carbocycles. The molecule has 148 valence electrons. The van der Waals surface area contributed by atoms with Gasteiger partial charge in [0.25, 0.3) is 17.7 Å². The van der Waals surface area contributed by atoms with Crippen LogP contribution in [0, 0.1) is 0 Å². The van der Waals surface area contributed by atoms with E-state index in [9.17, 15) is 19.2 Å². The normalized spacial score (nSPS) is 16.7. The van der Waals surface area contributed by atoms with Gasteiger partial charge in [-0.15, -0.1) is 0 Å². The van der Waals surface area contributed by atoms with Crippen LogP contribution in [0.25, 0.3) is 0 Å². The molecule has 0 aliphatic carbocycles. The molecule has 0 atom stereocenters. The van der Waals surface area contributed by atoms with Crippen molar-refractivity contribution in [3.05, 3.63) is 59.7 Å². The molecule has 4 amide bonds.